The summed E-state index contributed by atoms with van der Waals surface area (Å²) >= 11 is 1.22. The Hall–Kier alpha value is -4.22. The highest BCUT2D eigenvalue weighted by Crippen LogP contribution is 2.41. The second-order valence-corrected chi connectivity index (χ2v) is 9.43. The number of nitriles is 1. The van der Waals surface area contributed by atoms with Crippen molar-refractivity contribution in [2.45, 2.75) is 26.7 Å². The van der Waals surface area contributed by atoms with Gasteiger partial charge in [0.1, 0.15) is 5.76 Å². The van der Waals surface area contributed by atoms with Crippen molar-refractivity contribution in [3.8, 4) is 6.07 Å². The largest absolute Gasteiger partial charge is 0.468 e. The lowest BCUT2D eigenvalue weighted by Gasteiger charge is -2.28. The zero-order chi connectivity index (χ0) is 25.7. The Bertz CT molecular complexity index is 1390. The average Bonchev–Trinajstić information content (AvgIpc) is 3.39. The first kappa shape index (κ1) is 24.9. The van der Waals surface area contributed by atoms with Gasteiger partial charge in [0.25, 0.3) is 5.91 Å². The van der Waals surface area contributed by atoms with E-state index < -0.39 is 5.92 Å². The molecule has 3 aromatic rings. The Morgan fingerprint density at radius 3 is 2.50 bits per heavy atom. The van der Waals surface area contributed by atoms with Crippen LogP contribution in [0.5, 0.6) is 0 Å². The molecule has 1 aliphatic heterocycles. The number of thioether (sulfide) groups is 1. The van der Waals surface area contributed by atoms with Crippen LogP contribution in [0.3, 0.4) is 0 Å². The third kappa shape index (κ3) is 5.53. The Morgan fingerprint density at radius 1 is 1.06 bits per heavy atom. The molecule has 0 aliphatic carbocycles. The molecule has 0 bridgehead atoms. The summed E-state index contributed by atoms with van der Waals surface area (Å²) in [6.45, 7) is 5.72. The second-order valence-electron chi connectivity index (χ2n) is 8.44. The van der Waals surface area contributed by atoms with Gasteiger partial charge in [-0.2, -0.15) is 5.26 Å². The summed E-state index contributed by atoms with van der Waals surface area (Å²) in [6.07, 6.45) is 1.51. The standard InChI is InChI=1S/C28H26N4O3S/c1-17-11-12-22(18(2)14-17)32-24(33)16-36-28-21(15-29)26(23-10-7-13-35-23)25(19(3)30-28)27(34)31-20-8-5-4-6-9-20/h4-14,26,30H,16H2,1-3H3,(H,31,34)(H,32,33). The van der Waals surface area contributed by atoms with Gasteiger partial charge in [0.15, 0.2) is 0 Å². The summed E-state index contributed by atoms with van der Waals surface area (Å²) < 4.78 is 5.64. The summed E-state index contributed by atoms with van der Waals surface area (Å²) in [6, 6.07) is 20.6. The van der Waals surface area contributed by atoms with Gasteiger partial charge in [-0.3, -0.25) is 9.59 Å². The number of benzene rings is 2. The number of nitrogens with zero attached hydrogens (tertiary/aromatic N) is 1. The molecule has 182 valence electrons. The van der Waals surface area contributed by atoms with Gasteiger partial charge in [-0.15, -0.1) is 0 Å². The summed E-state index contributed by atoms with van der Waals surface area (Å²) in [5.41, 5.74) is 4.78. The normalized spacial score (nSPS) is 15.2. The third-order valence-electron chi connectivity index (χ3n) is 5.76. The first-order valence-electron chi connectivity index (χ1n) is 11.4. The van der Waals surface area contributed by atoms with E-state index in [-0.39, 0.29) is 17.6 Å². The summed E-state index contributed by atoms with van der Waals surface area (Å²) in [4.78, 5) is 26.0. The zero-order valence-electron chi connectivity index (χ0n) is 20.2. The predicted octanol–water partition coefficient (Wildman–Crippen LogP) is 5.60. The second kappa shape index (κ2) is 11.0. The third-order valence-corrected chi connectivity index (χ3v) is 6.77. The van der Waals surface area contributed by atoms with Gasteiger partial charge in [0.2, 0.25) is 5.91 Å². The molecule has 8 heteroatoms. The fourth-order valence-corrected chi connectivity index (χ4v) is 4.96. The van der Waals surface area contributed by atoms with Crippen LogP contribution < -0.4 is 16.0 Å². The molecule has 1 unspecified atom stereocenters. The van der Waals surface area contributed by atoms with Gasteiger partial charge >= 0.3 is 0 Å². The van der Waals surface area contributed by atoms with Crippen molar-refractivity contribution in [2.75, 3.05) is 16.4 Å². The number of allylic oxidation sites excluding steroid dienone is 2. The minimum Gasteiger partial charge on any atom is -0.468 e. The highest BCUT2D eigenvalue weighted by atomic mass is 32.2. The fourth-order valence-electron chi connectivity index (χ4n) is 4.07. The van der Waals surface area contributed by atoms with Crippen molar-refractivity contribution in [3.05, 3.63) is 106 Å². The molecule has 36 heavy (non-hydrogen) atoms. The van der Waals surface area contributed by atoms with Crippen LogP contribution in [0.2, 0.25) is 0 Å². The van der Waals surface area contributed by atoms with E-state index in [9.17, 15) is 14.9 Å². The Morgan fingerprint density at radius 2 is 1.83 bits per heavy atom. The molecular weight excluding hydrogens is 472 g/mol. The number of carbonyl (C=O) groups is 2. The number of nitrogens with one attached hydrogen (secondary N) is 3. The van der Waals surface area contributed by atoms with E-state index >= 15 is 0 Å². The van der Waals surface area contributed by atoms with Gasteiger partial charge < -0.3 is 20.4 Å². The number of hydrogen-bond donors (Lipinski definition) is 3. The van der Waals surface area contributed by atoms with Crippen molar-refractivity contribution >= 4 is 35.0 Å². The minimum atomic E-state index is -0.708. The highest BCUT2D eigenvalue weighted by molar-refractivity contribution is 8.03. The summed E-state index contributed by atoms with van der Waals surface area (Å²) in [7, 11) is 0. The number of amides is 2. The minimum absolute atomic E-state index is 0.0878. The first-order valence-corrected chi connectivity index (χ1v) is 12.4. The summed E-state index contributed by atoms with van der Waals surface area (Å²) in [5.74, 6) is -0.674. The number of carbonyl (C=O) groups excluding carboxylic acids is 2. The van der Waals surface area contributed by atoms with Crippen molar-refractivity contribution in [1.29, 1.82) is 5.26 Å². The van der Waals surface area contributed by atoms with Gasteiger partial charge in [-0.25, -0.2) is 0 Å². The average molecular weight is 499 g/mol. The number of furan rings is 1. The van der Waals surface area contributed by atoms with Gasteiger partial charge in [0, 0.05) is 17.1 Å². The smallest absolute Gasteiger partial charge is 0.254 e. The molecule has 0 spiro atoms. The van der Waals surface area contributed by atoms with E-state index in [0.717, 1.165) is 16.8 Å². The number of anilines is 2. The maximum Gasteiger partial charge on any atom is 0.254 e. The molecule has 0 saturated heterocycles. The van der Waals surface area contributed by atoms with Crippen LogP contribution in [-0.4, -0.2) is 17.6 Å². The van der Waals surface area contributed by atoms with Crippen LogP contribution in [0.25, 0.3) is 0 Å². The molecule has 2 aromatic carbocycles. The molecule has 2 heterocycles. The number of aryl methyl sites for hydroxylation is 2. The fraction of sp³-hybridized carbons (Fsp3) is 0.179. The van der Waals surface area contributed by atoms with E-state index in [1.54, 1.807) is 31.2 Å². The molecule has 0 fully saturated rings. The van der Waals surface area contributed by atoms with E-state index in [2.05, 4.69) is 22.0 Å². The number of para-hydroxylation sites is 1. The zero-order valence-corrected chi connectivity index (χ0v) is 21.0. The SMILES string of the molecule is CC1=C(C(=O)Nc2ccccc2)C(c2ccco2)C(C#N)=C(SCC(=O)Nc2ccc(C)cc2C)N1. The Kier molecular flexibility index (Phi) is 7.62. The molecule has 4 rings (SSSR count). The van der Waals surface area contributed by atoms with Crippen LogP contribution in [0.15, 0.2) is 93.2 Å². The van der Waals surface area contributed by atoms with E-state index in [0.29, 0.717) is 33.3 Å². The van der Waals surface area contributed by atoms with E-state index in [4.69, 9.17) is 4.42 Å². The van der Waals surface area contributed by atoms with E-state index in [1.807, 2.05) is 50.2 Å². The topological polar surface area (TPSA) is 107 Å². The van der Waals surface area contributed by atoms with Gasteiger partial charge in [-0.05, 0) is 56.7 Å². The molecule has 3 N–H and O–H groups in total. The van der Waals surface area contributed by atoms with Crippen LogP contribution in [0, 0.1) is 25.2 Å². The number of dihydropyridines is 1. The highest BCUT2D eigenvalue weighted by Gasteiger charge is 2.36. The van der Waals surface area contributed by atoms with E-state index in [1.165, 1.54) is 18.0 Å². The lowest BCUT2D eigenvalue weighted by molar-refractivity contribution is -0.114. The monoisotopic (exact) mass is 498 g/mol. The maximum atomic E-state index is 13.3. The molecule has 0 saturated carbocycles. The van der Waals surface area contributed by atoms with Crippen molar-refractivity contribution < 1.29 is 14.0 Å². The van der Waals surface area contributed by atoms with Gasteiger partial charge in [0.05, 0.1) is 40.2 Å². The lowest BCUT2D eigenvalue weighted by Crippen LogP contribution is -2.31. The van der Waals surface area contributed by atoms with Crippen LogP contribution in [0.4, 0.5) is 11.4 Å². The number of hydrogen-bond acceptors (Lipinski definition) is 6. The Labute approximate surface area is 214 Å². The quantitative estimate of drug-likeness (QED) is 0.391. The Balaban J connectivity index is 1.57. The molecular formula is C28H26N4O3S. The van der Waals surface area contributed by atoms with Crippen molar-refractivity contribution in [3.63, 3.8) is 0 Å². The molecule has 1 aromatic heterocycles. The molecule has 1 atom stereocenters. The summed E-state index contributed by atoms with van der Waals surface area (Å²) in [5, 5.41) is 19.6. The first-order chi connectivity index (χ1) is 17.4. The predicted molar refractivity (Wildman–Crippen MR) is 142 cm³/mol. The maximum absolute atomic E-state index is 13.3. The lowest BCUT2D eigenvalue weighted by atomic mass is 9.85. The molecule has 0 radical (unpaired) electrons. The van der Waals surface area contributed by atoms with Crippen LogP contribution in [0.1, 0.15) is 29.7 Å². The molecule has 7 nitrogen and oxygen atoms in total. The van der Waals surface area contributed by atoms with Gasteiger partial charge in [-0.1, -0.05) is 47.7 Å². The number of rotatable bonds is 7. The van der Waals surface area contributed by atoms with Crippen molar-refractivity contribution in [2.24, 2.45) is 0 Å². The van der Waals surface area contributed by atoms with Crippen LogP contribution in [-0.2, 0) is 9.59 Å². The molecule has 2 amide bonds. The van der Waals surface area contributed by atoms with Crippen molar-refractivity contribution in [1.82, 2.24) is 5.32 Å². The molecule has 1 aliphatic rings. The van der Waals surface area contributed by atoms with Crippen LogP contribution >= 0.6 is 11.8 Å².